The number of carbonyl (C=O) groups excluding carboxylic acids is 1. The second kappa shape index (κ2) is 5.13. The lowest BCUT2D eigenvalue weighted by Gasteiger charge is -2.29. The Kier molecular flexibility index (Phi) is 3.34. The molecule has 2 aliphatic heterocycles. The third kappa shape index (κ3) is 2.28. The molecule has 1 unspecified atom stereocenters. The molecule has 0 saturated heterocycles. The summed E-state index contributed by atoms with van der Waals surface area (Å²) in [7, 11) is 0. The summed E-state index contributed by atoms with van der Waals surface area (Å²) in [5, 5.41) is 6.32. The summed E-state index contributed by atoms with van der Waals surface area (Å²) in [6, 6.07) is 6.27. The number of hydrogen-bond acceptors (Lipinski definition) is 3. The molecule has 3 rings (SSSR count). The summed E-state index contributed by atoms with van der Waals surface area (Å²) < 4.78 is 0. The van der Waals surface area contributed by atoms with Crippen molar-refractivity contribution in [2.45, 2.75) is 26.3 Å². The average molecular weight is 257 g/mol. The van der Waals surface area contributed by atoms with Crippen LogP contribution in [-0.4, -0.2) is 24.7 Å². The first-order valence-electron chi connectivity index (χ1n) is 6.99. The van der Waals surface area contributed by atoms with Crippen molar-refractivity contribution in [3.63, 3.8) is 0 Å². The lowest BCUT2D eigenvalue weighted by Crippen LogP contribution is -2.37. The Morgan fingerprint density at radius 1 is 1.47 bits per heavy atom. The van der Waals surface area contributed by atoms with E-state index in [-0.39, 0.29) is 11.8 Å². The first-order chi connectivity index (χ1) is 9.29. The maximum atomic E-state index is 12.1. The van der Waals surface area contributed by atoms with Gasteiger partial charge in [0, 0.05) is 18.7 Å². The molecule has 1 aromatic carbocycles. The number of benzene rings is 1. The van der Waals surface area contributed by atoms with E-state index in [1.165, 1.54) is 5.56 Å². The highest BCUT2D eigenvalue weighted by Gasteiger charge is 2.33. The van der Waals surface area contributed by atoms with E-state index in [1.54, 1.807) is 0 Å². The molecule has 0 bridgehead atoms. The fourth-order valence-corrected chi connectivity index (χ4v) is 2.79. The summed E-state index contributed by atoms with van der Waals surface area (Å²) in [5.41, 5.74) is 4.19. The zero-order valence-electron chi connectivity index (χ0n) is 11.2. The van der Waals surface area contributed by atoms with E-state index in [0.717, 1.165) is 49.4 Å². The topological polar surface area (TPSA) is 53.5 Å². The summed E-state index contributed by atoms with van der Waals surface area (Å²) in [4.78, 5) is 16.7. The number of carbonyl (C=O) groups is 1. The van der Waals surface area contributed by atoms with Crippen molar-refractivity contribution in [1.29, 1.82) is 0 Å². The second-order valence-electron chi connectivity index (χ2n) is 5.11. The monoisotopic (exact) mass is 257 g/mol. The zero-order chi connectivity index (χ0) is 13.2. The number of aliphatic imine (C=N–C) groups is 1. The van der Waals surface area contributed by atoms with E-state index < -0.39 is 0 Å². The van der Waals surface area contributed by atoms with Gasteiger partial charge in [-0.25, -0.2) is 0 Å². The van der Waals surface area contributed by atoms with Gasteiger partial charge in [-0.05, 0) is 31.0 Å². The van der Waals surface area contributed by atoms with Crippen LogP contribution in [0.1, 0.15) is 30.9 Å². The highest BCUT2D eigenvalue weighted by Crippen LogP contribution is 2.31. The van der Waals surface area contributed by atoms with Gasteiger partial charge in [0.1, 0.15) is 0 Å². The van der Waals surface area contributed by atoms with E-state index in [4.69, 9.17) is 0 Å². The summed E-state index contributed by atoms with van der Waals surface area (Å²) in [6.07, 6.45) is 1.93. The highest BCUT2D eigenvalue weighted by molar-refractivity contribution is 6.23. The first kappa shape index (κ1) is 12.4. The third-order valence-corrected chi connectivity index (χ3v) is 3.78. The first-order valence-corrected chi connectivity index (χ1v) is 6.99. The predicted octanol–water partition coefficient (Wildman–Crippen LogP) is 1.95. The van der Waals surface area contributed by atoms with Crippen molar-refractivity contribution in [3.8, 4) is 0 Å². The molecule has 0 fully saturated rings. The Bertz CT molecular complexity index is 536. The molecular formula is C15H19N3O. The van der Waals surface area contributed by atoms with Crippen LogP contribution in [0, 0.1) is 5.92 Å². The van der Waals surface area contributed by atoms with Crippen LogP contribution in [-0.2, 0) is 11.3 Å². The fourth-order valence-electron chi connectivity index (χ4n) is 2.79. The van der Waals surface area contributed by atoms with Crippen molar-refractivity contribution in [3.05, 3.63) is 29.3 Å². The van der Waals surface area contributed by atoms with Crippen molar-refractivity contribution in [2.24, 2.45) is 10.9 Å². The van der Waals surface area contributed by atoms with E-state index >= 15 is 0 Å². The fraction of sp³-hybridized carbons (Fsp3) is 0.467. The lowest BCUT2D eigenvalue weighted by atomic mass is 9.85. The van der Waals surface area contributed by atoms with Crippen molar-refractivity contribution in [1.82, 2.24) is 5.32 Å². The molecule has 0 aromatic heterocycles. The maximum Gasteiger partial charge on any atom is 0.233 e. The van der Waals surface area contributed by atoms with Gasteiger partial charge in [0.2, 0.25) is 5.91 Å². The summed E-state index contributed by atoms with van der Waals surface area (Å²) in [5.74, 6) is 0.0624. The molecular weight excluding hydrogens is 238 g/mol. The van der Waals surface area contributed by atoms with Crippen molar-refractivity contribution < 1.29 is 4.79 Å². The van der Waals surface area contributed by atoms with Gasteiger partial charge in [-0.2, -0.15) is 0 Å². The number of rotatable bonds is 3. The molecule has 4 heteroatoms. The molecule has 2 aliphatic rings. The van der Waals surface area contributed by atoms with Crippen LogP contribution in [0.5, 0.6) is 0 Å². The van der Waals surface area contributed by atoms with E-state index in [2.05, 4.69) is 40.7 Å². The summed E-state index contributed by atoms with van der Waals surface area (Å²) >= 11 is 0. The molecule has 100 valence electrons. The Morgan fingerprint density at radius 3 is 3.21 bits per heavy atom. The minimum absolute atomic E-state index is 0.0409. The quantitative estimate of drug-likeness (QED) is 0.869. The lowest BCUT2D eigenvalue weighted by molar-refractivity contribution is -0.118. The number of nitrogens with one attached hydrogen (secondary N) is 2. The largest absolute Gasteiger partial charge is 0.325 e. The molecule has 1 atom stereocenters. The Balaban J connectivity index is 1.95. The van der Waals surface area contributed by atoms with Gasteiger partial charge in [-0.15, -0.1) is 0 Å². The third-order valence-electron chi connectivity index (χ3n) is 3.78. The molecule has 0 aliphatic carbocycles. The SMILES string of the molecule is CCNCc1ccc2c(c1)NC(=O)C1CCCN=C21. The van der Waals surface area contributed by atoms with Crippen LogP contribution in [0.3, 0.4) is 0 Å². The van der Waals surface area contributed by atoms with Crippen LogP contribution in [0.25, 0.3) is 0 Å². The smallest absolute Gasteiger partial charge is 0.233 e. The standard InChI is InChI=1S/C15H19N3O/c1-2-16-9-10-5-6-11-13(8-10)18-15(19)12-4-3-7-17-14(11)12/h5-6,8,12,16H,2-4,7,9H2,1H3,(H,18,19). The van der Waals surface area contributed by atoms with Crippen molar-refractivity contribution in [2.75, 3.05) is 18.4 Å². The number of amides is 1. The van der Waals surface area contributed by atoms with Crippen LogP contribution >= 0.6 is 0 Å². The van der Waals surface area contributed by atoms with Crippen LogP contribution in [0.15, 0.2) is 23.2 Å². The van der Waals surface area contributed by atoms with E-state index in [0.29, 0.717) is 0 Å². The Morgan fingerprint density at radius 2 is 2.37 bits per heavy atom. The molecule has 1 aromatic rings. The number of fused-ring (bicyclic) bond motifs is 3. The van der Waals surface area contributed by atoms with Gasteiger partial charge in [-0.3, -0.25) is 9.79 Å². The zero-order valence-corrected chi connectivity index (χ0v) is 11.2. The Labute approximate surface area is 113 Å². The molecule has 0 saturated carbocycles. The number of hydrogen-bond donors (Lipinski definition) is 2. The molecule has 1 amide bonds. The van der Waals surface area contributed by atoms with Crippen LogP contribution in [0.4, 0.5) is 5.69 Å². The second-order valence-corrected chi connectivity index (χ2v) is 5.11. The van der Waals surface area contributed by atoms with Crippen LogP contribution < -0.4 is 10.6 Å². The summed E-state index contributed by atoms with van der Waals surface area (Å²) in [6.45, 7) is 4.70. The van der Waals surface area contributed by atoms with Gasteiger partial charge in [-0.1, -0.05) is 19.1 Å². The molecule has 4 nitrogen and oxygen atoms in total. The van der Waals surface area contributed by atoms with Gasteiger partial charge in [0.15, 0.2) is 0 Å². The maximum absolute atomic E-state index is 12.1. The molecule has 2 N–H and O–H groups in total. The van der Waals surface area contributed by atoms with Gasteiger partial charge in [0.25, 0.3) is 0 Å². The number of anilines is 1. The predicted molar refractivity (Wildman–Crippen MR) is 76.6 cm³/mol. The van der Waals surface area contributed by atoms with Crippen molar-refractivity contribution >= 4 is 17.3 Å². The van der Waals surface area contributed by atoms with E-state index in [1.807, 2.05) is 0 Å². The minimum atomic E-state index is -0.0409. The molecule has 19 heavy (non-hydrogen) atoms. The normalized spacial score (nSPS) is 21.2. The van der Waals surface area contributed by atoms with Gasteiger partial charge < -0.3 is 10.6 Å². The Hall–Kier alpha value is -1.68. The molecule has 2 heterocycles. The van der Waals surface area contributed by atoms with Gasteiger partial charge in [0.05, 0.1) is 17.3 Å². The van der Waals surface area contributed by atoms with Crippen LogP contribution in [0.2, 0.25) is 0 Å². The van der Waals surface area contributed by atoms with E-state index in [9.17, 15) is 4.79 Å². The number of nitrogens with zero attached hydrogens (tertiary/aromatic N) is 1. The molecule has 0 radical (unpaired) electrons. The minimum Gasteiger partial charge on any atom is -0.325 e. The highest BCUT2D eigenvalue weighted by atomic mass is 16.2. The average Bonchev–Trinajstić information content (AvgIpc) is 2.45. The van der Waals surface area contributed by atoms with Gasteiger partial charge >= 0.3 is 0 Å². The molecule has 0 spiro atoms.